The number of nitro benzene ring substituents is 1. The van der Waals surface area contributed by atoms with Gasteiger partial charge in [0, 0.05) is 23.3 Å². The van der Waals surface area contributed by atoms with Crippen molar-refractivity contribution in [1.29, 1.82) is 0 Å². The third-order valence-electron chi connectivity index (χ3n) is 25.0. The van der Waals surface area contributed by atoms with E-state index in [9.17, 15) is 44.9 Å². The van der Waals surface area contributed by atoms with E-state index in [1.807, 2.05) is 41.0 Å². The summed E-state index contributed by atoms with van der Waals surface area (Å²) in [4.78, 5) is 36.3. The molecule has 0 radical (unpaired) electrons. The maximum absolute atomic E-state index is 12.7. The Hall–Kier alpha value is -13.9. The first-order valence-corrected chi connectivity index (χ1v) is 49.9. The number of non-ortho nitro benzene ring substituents is 1. The van der Waals surface area contributed by atoms with Gasteiger partial charge in [0.05, 0.1) is 90.2 Å². The van der Waals surface area contributed by atoms with Gasteiger partial charge in [0.2, 0.25) is 0 Å². The Bertz CT molecular complexity index is 6060. The van der Waals surface area contributed by atoms with Crippen molar-refractivity contribution in [2.75, 3.05) is 65.9 Å². The first kappa shape index (κ1) is 106. The van der Waals surface area contributed by atoms with Crippen LogP contribution in [0.1, 0.15) is 223 Å². The number of halogens is 6. The number of benzene rings is 11. The van der Waals surface area contributed by atoms with E-state index in [1.165, 1.54) is 72.8 Å². The summed E-state index contributed by atoms with van der Waals surface area (Å²) in [6, 6.07) is 93.4. The molecule has 0 unspecified atom stereocenters. The number of pyridine rings is 1. The van der Waals surface area contributed by atoms with Crippen molar-refractivity contribution in [3.63, 3.8) is 0 Å². The second kappa shape index (κ2) is 42.7. The fraction of sp³-hybridized carbons (Fsp3) is 0.319. The molecule has 0 saturated heterocycles. The molecule has 20 nitrogen and oxygen atoms in total. The van der Waals surface area contributed by atoms with Crippen molar-refractivity contribution in [2.45, 2.75) is 168 Å². The van der Waals surface area contributed by atoms with Crippen molar-refractivity contribution in [3.05, 3.63) is 403 Å². The van der Waals surface area contributed by atoms with Gasteiger partial charge >= 0.3 is 33.0 Å². The molecule has 7 heterocycles. The third kappa shape index (κ3) is 28.1. The van der Waals surface area contributed by atoms with Gasteiger partial charge in [-0.1, -0.05) is 317 Å². The van der Waals surface area contributed by atoms with Gasteiger partial charge in [-0.3, -0.25) is 19.7 Å². The van der Waals surface area contributed by atoms with Crippen molar-refractivity contribution >= 4 is 25.3 Å². The molecule has 18 rings (SSSR count). The summed E-state index contributed by atoms with van der Waals surface area (Å²) in [6.45, 7) is 44.1. The van der Waals surface area contributed by atoms with Gasteiger partial charge < -0.3 is 39.1 Å². The van der Waals surface area contributed by atoms with E-state index in [0.717, 1.165) is 57.1 Å². The average Bonchev–Trinajstić information content (AvgIpc) is 1.12. The Morgan fingerprint density at radius 1 is 0.329 bits per heavy atom. The molecular formula is C116H129F6N10O10P. The van der Waals surface area contributed by atoms with E-state index in [0.29, 0.717) is 62.6 Å². The molecule has 2 N–H and O–H groups in total. The number of amides is 2. The van der Waals surface area contributed by atoms with E-state index in [-0.39, 0.29) is 75.6 Å². The molecule has 750 valence electrons. The molecule has 3 aromatic heterocycles. The van der Waals surface area contributed by atoms with Gasteiger partial charge in [0.25, 0.3) is 17.5 Å². The van der Waals surface area contributed by atoms with Gasteiger partial charge in [0.1, 0.15) is 67.9 Å². The average molecular weight is 1970 g/mol. The summed E-state index contributed by atoms with van der Waals surface area (Å²) in [7, 11) is -8.62. The Morgan fingerprint density at radius 2 is 0.552 bits per heavy atom. The van der Waals surface area contributed by atoms with E-state index in [1.54, 1.807) is 48.5 Å². The van der Waals surface area contributed by atoms with Crippen molar-refractivity contribution < 1.29 is 72.7 Å². The number of hydrogen-bond acceptors (Lipinski definition) is 14. The Balaban J connectivity index is 0.000000274. The van der Waals surface area contributed by atoms with Crippen LogP contribution in [0, 0.1) is 10.1 Å². The molecule has 0 atom stereocenters. The molecule has 143 heavy (non-hydrogen) atoms. The van der Waals surface area contributed by atoms with Crippen LogP contribution in [-0.2, 0) is 59.8 Å². The van der Waals surface area contributed by atoms with Crippen LogP contribution in [0.25, 0.3) is 33.9 Å². The first-order valence-electron chi connectivity index (χ1n) is 47.8. The number of nitrogens with zero attached hydrogens (tertiary/aromatic N) is 8. The maximum atomic E-state index is 12.7. The number of aromatic nitrogens is 7. The molecule has 0 fully saturated rings. The fourth-order valence-corrected chi connectivity index (χ4v) is 17.1. The minimum Gasteiger partial charge on any atom is -0.492 e. The number of carbonyl (C=O) groups excluding carboxylic acids is 2. The molecule has 0 aliphatic carbocycles. The molecule has 11 aromatic carbocycles. The number of nitro groups is 1. The largest absolute Gasteiger partial charge is 0.492 e. The SMILES string of the molecule is C[n+]1cc(-c2cn(-c3ccc(C(c4ccc(C(C)(C)C)cc4)(c4ccc(C(C)(C)C)cc4)c4ccc(C(C)(C)C)cc4)cc3)nn2)cc(-c2cn(-c3ccc(C(c4ccc(C(C)(C)C)cc4)(c4ccc(C(C)(C)C)cc4)c4ccc(C(C)(C)C)cc4)cc3)nn2)c1.F[P-](F)(F)(F)(F)F.O=C1NCCOc2ccc(cc2)OCCOC/C=C/COCCOc2ccc(cc2)OCCNC(=O)c2cc1cc([N+](=O)[O-])c2. The predicted molar refractivity (Wildman–Crippen MR) is 554 cm³/mol. The zero-order chi connectivity index (χ0) is 103. The topological polar surface area (TPSA) is 222 Å². The Labute approximate surface area is 834 Å². The summed E-state index contributed by atoms with van der Waals surface area (Å²) in [5.74, 6) is 1.29. The van der Waals surface area contributed by atoms with Crippen LogP contribution in [0.3, 0.4) is 0 Å². The molecular weight excluding hydrogens is 1840 g/mol. The minimum absolute atomic E-state index is 0.00786. The van der Waals surface area contributed by atoms with Gasteiger partial charge in [-0.25, -0.2) is 13.9 Å². The number of rotatable bonds is 13. The van der Waals surface area contributed by atoms with Crippen LogP contribution in [0.5, 0.6) is 23.0 Å². The number of aryl methyl sites for hydroxylation is 1. The van der Waals surface area contributed by atoms with Gasteiger partial charge in [-0.2, -0.15) is 0 Å². The van der Waals surface area contributed by atoms with E-state index in [4.69, 9.17) is 49.0 Å². The quantitative estimate of drug-likeness (QED) is 0.0209. The summed E-state index contributed by atoms with van der Waals surface area (Å²) in [6.07, 6.45) is 11.9. The summed E-state index contributed by atoms with van der Waals surface area (Å²) >= 11 is 0. The monoisotopic (exact) mass is 1970 g/mol. The number of hydrogen-bond donors (Lipinski definition) is 2. The second-order valence-corrected chi connectivity index (χ2v) is 44.0. The van der Waals surface area contributed by atoms with E-state index in [2.05, 4.69) is 352 Å². The molecule has 6 bridgehead atoms. The van der Waals surface area contributed by atoms with Gasteiger partial charge in [-0.15, -0.1) is 10.2 Å². The molecule has 4 aliphatic heterocycles. The summed E-state index contributed by atoms with van der Waals surface area (Å²) in [5.41, 5.74) is 20.8. The zero-order valence-electron chi connectivity index (χ0n) is 84.8. The van der Waals surface area contributed by atoms with Crippen LogP contribution < -0.4 is 34.1 Å². The molecule has 0 saturated carbocycles. The molecule has 14 aromatic rings. The van der Waals surface area contributed by atoms with Crippen LogP contribution in [0.4, 0.5) is 30.9 Å². The Kier molecular flexibility index (Phi) is 31.8. The van der Waals surface area contributed by atoms with Crippen LogP contribution in [-0.4, -0.2) is 113 Å². The van der Waals surface area contributed by atoms with Crippen LogP contribution in [0.2, 0.25) is 0 Å². The van der Waals surface area contributed by atoms with E-state index < -0.39 is 35.4 Å². The first-order chi connectivity index (χ1) is 67.2. The number of nitrogens with one attached hydrogen (secondary N) is 2. The molecule has 2 amide bonds. The summed E-state index contributed by atoms with van der Waals surface area (Å²) < 4.78 is 98.7. The smallest absolute Gasteiger partial charge is 0.271 e. The minimum atomic E-state index is -10.7. The van der Waals surface area contributed by atoms with Crippen LogP contribution in [0.15, 0.2) is 304 Å². The van der Waals surface area contributed by atoms with Crippen molar-refractivity contribution in [1.82, 2.24) is 40.6 Å². The molecule has 27 heteroatoms. The molecule has 4 aliphatic rings. The number of ether oxygens (including phenoxy) is 6. The number of carbonyl (C=O) groups is 2. The fourth-order valence-electron chi connectivity index (χ4n) is 17.1. The van der Waals surface area contributed by atoms with Crippen LogP contribution >= 0.6 is 7.81 Å². The van der Waals surface area contributed by atoms with Gasteiger partial charge in [0.15, 0.2) is 12.4 Å². The van der Waals surface area contributed by atoms with Crippen molar-refractivity contribution in [3.8, 4) is 56.9 Å². The van der Waals surface area contributed by atoms with E-state index >= 15 is 0 Å². The normalized spacial score (nSPS) is 14.7. The second-order valence-electron chi connectivity index (χ2n) is 42.1. The van der Waals surface area contributed by atoms with Gasteiger partial charge in [-0.05, 0) is 195 Å². The zero-order valence-corrected chi connectivity index (χ0v) is 85.7. The standard InChI is InChI=1S/C84H94N7.C32H35N3O10.F6P/c1-77(2,3)59-20-32-65(33-21-59)83(66-34-22-60(23-35-66)78(4,5)6,67-36-24-61(25-37-67)79(7,8)9)71-44-48-73(49-45-71)90-55-75(85-87-90)57-52-58(54-89(19)53-57)76-56-91(88-86-76)74-50-46-72(47-51-74)84(68-38-26-62(27-39-68)80(10,11)12,69-40-28-63(29-41-69)81(13,14)15)70-42-30-64(31-43-70)82(16,17)18;36-31-24-21-25(23-26(22-24)35(38)39)32(37)34-12-16-43-28-5-9-30(10-6-28)45-20-18-41-14-2-1-13-40-17-19-44-29-7-3-27(4-8-29)42-15-11-33-31;1-7(2,3,4,5)6/h20-56H,1-19H3;1-10,21-23H,11-20H2,(H,33,36)(H,34,37);/q+1;;-1/b;2-1+;. The summed E-state index contributed by atoms with van der Waals surface area (Å²) in [5, 5.41) is 35.9. The predicted octanol–water partition coefficient (Wildman–Crippen LogP) is 26.5. The third-order valence-corrected chi connectivity index (χ3v) is 25.0. The molecule has 0 spiro atoms. The maximum Gasteiger partial charge on any atom is 0.271 e. The van der Waals surface area contributed by atoms with Crippen molar-refractivity contribution in [2.24, 2.45) is 7.05 Å². The Morgan fingerprint density at radius 3 is 0.790 bits per heavy atom.